The van der Waals surface area contributed by atoms with Gasteiger partial charge in [0.2, 0.25) is 0 Å². The normalized spacial score (nSPS) is 28.4. The lowest BCUT2D eigenvalue weighted by Crippen LogP contribution is -2.53. The van der Waals surface area contributed by atoms with E-state index in [0.717, 1.165) is 54.9 Å². The summed E-state index contributed by atoms with van der Waals surface area (Å²) in [7, 11) is 0. The molecule has 4 heterocycles. The standard InChI is InChI=1S/C25H29FN2O3/c1-25(2)14-21(27-24(29)30-23-15-28-10-8-16(23)9-11-28)20-13-18(6-7-22(20)31-25)17-4-3-5-19(26)12-17/h3-7,12-13,16,21,23H,8-11,14-15H2,1-2H3,(H,27,29)/t21?,23-/m1/s1. The maximum absolute atomic E-state index is 13.7. The molecule has 6 heteroatoms. The zero-order valence-corrected chi connectivity index (χ0v) is 18.1. The lowest BCUT2D eigenvalue weighted by atomic mass is 9.86. The summed E-state index contributed by atoms with van der Waals surface area (Å²) < 4.78 is 25.7. The van der Waals surface area contributed by atoms with Crippen molar-refractivity contribution < 1.29 is 18.7 Å². The molecule has 5 nitrogen and oxygen atoms in total. The second-order valence-corrected chi connectivity index (χ2v) is 9.61. The van der Waals surface area contributed by atoms with Gasteiger partial charge >= 0.3 is 6.09 Å². The van der Waals surface area contributed by atoms with E-state index in [1.165, 1.54) is 12.1 Å². The third-order valence-corrected chi connectivity index (χ3v) is 6.77. The third-order valence-electron chi connectivity index (χ3n) is 6.77. The summed E-state index contributed by atoms with van der Waals surface area (Å²) in [5.74, 6) is 0.932. The third kappa shape index (κ3) is 4.26. The van der Waals surface area contributed by atoms with Gasteiger partial charge in [-0.25, -0.2) is 9.18 Å². The minimum atomic E-state index is -0.416. The molecule has 164 valence electrons. The number of hydrogen-bond acceptors (Lipinski definition) is 4. The molecule has 1 unspecified atom stereocenters. The molecule has 0 spiro atoms. The summed E-state index contributed by atoms with van der Waals surface area (Å²) in [5.41, 5.74) is 2.16. The molecule has 4 aliphatic heterocycles. The lowest BCUT2D eigenvalue weighted by Gasteiger charge is -2.44. The number of nitrogens with zero attached hydrogens (tertiary/aromatic N) is 1. The fourth-order valence-corrected chi connectivity index (χ4v) is 5.19. The highest BCUT2D eigenvalue weighted by molar-refractivity contribution is 5.70. The van der Waals surface area contributed by atoms with Crippen molar-refractivity contribution in [2.75, 3.05) is 19.6 Å². The summed E-state index contributed by atoms with van der Waals surface area (Å²) >= 11 is 0. The van der Waals surface area contributed by atoms with Gasteiger partial charge in [0.05, 0.1) is 6.04 Å². The number of rotatable bonds is 3. The van der Waals surface area contributed by atoms with Gasteiger partial charge < -0.3 is 14.8 Å². The van der Waals surface area contributed by atoms with Gasteiger partial charge in [-0.3, -0.25) is 4.90 Å². The van der Waals surface area contributed by atoms with Gasteiger partial charge in [0, 0.05) is 18.5 Å². The van der Waals surface area contributed by atoms with Crippen LogP contribution in [0.5, 0.6) is 5.75 Å². The fourth-order valence-electron chi connectivity index (χ4n) is 5.19. The number of ether oxygens (including phenoxy) is 2. The van der Waals surface area contributed by atoms with Crippen LogP contribution in [0, 0.1) is 11.7 Å². The SMILES string of the molecule is CC1(C)CC(NC(=O)O[C@@H]2CN3CCC2CC3)c2cc(-c3cccc(F)c3)ccc2O1. The Balaban J connectivity index is 1.37. The van der Waals surface area contributed by atoms with Gasteiger partial charge in [0.25, 0.3) is 0 Å². The highest BCUT2D eigenvalue weighted by Gasteiger charge is 2.38. The van der Waals surface area contributed by atoms with Gasteiger partial charge in [0.15, 0.2) is 0 Å². The van der Waals surface area contributed by atoms with Crippen molar-refractivity contribution in [1.29, 1.82) is 0 Å². The van der Waals surface area contributed by atoms with E-state index < -0.39 is 5.60 Å². The van der Waals surface area contributed by atoms with Crippen LogP contribution < -0.4 is 10.1 Å². The predicted molar refractivity (Wildman–Crippen MR) is 116 cm³/mol. The summed E-state index contributed by atoms with van der Waals surface area (Å²) in [6, 6.07) is 12.1. The monoisotopic (exact) mass is 424 g/mol. The minimum absolute atomic E-state index is 0.0338. The number of hydrogen-bond donors (Lipinski definition) is 1. The Labute approximate surface area is 182 Å². The Morgan fingerprint density at radius 3 is 2.65 bits per heavy atom. The van der Waals surface area contributed by atoms with Gasteiger partial charge in [-0.05, 0) is 81.1 Å². The molecule has 2 aromatic rings. The Morgan fingerprint density at radius 2 is 1.94 bits per heavy atom. The Kier molecular flexibility index (Phi) is 5.13. The second kappa shape index (κ2) is 7.83. The maximum atomic E-state index is 13.7. The summed E-state index contributed by atoms with van der Waals surface area (Å²) in [6.45, 7) is 7.08. The van der Waals surface area contributed by atoms with Gasteiger partial charge in [-0.15, -0.1) is 0 Å². The summed E-state index contributed by atoms with van der Waals surface area (Å²) in [6.07, 6.45) is 2.42. The number of fused-ring (bicyclic) bond motifs is 4. The first kappa shape index (κ1) is 20.3. The van der Waals surface area contributed by atoms with E-state index >= 15 is 0 Å². The number of benzene rings is 2. The molecule has 0 aliphatic carbocycles. The number of nitrogens with one attached hydrogen (secondary N) is 1. The number of piperidine rings is 3. The van der Waals surface area contributed by atoms with Crippen molar-refractivity contribution in [2.24, 2.45) is 5.92 Å². The van der Waals surface area contributed by atoms with E-state index in [1.807, 2.05) is 38.1 Å². The highest BCUT2D eigenvalue weighted by atomic mass is 19.1. The molecule has 0 aromatic heterocycles. The average molecular weight is 425 g/mol. The van der Waals surface area contributed by atoms with Crippen LogP contribution >= 0.6 is 0 Å². The zero-order chi connectivity index (χ0) is 21.6. The first-order chi connectivity index (χ1) is 14.9. The van der Waals surface area contributed by atoms with Crippen molar-refractivity contribution in [3.63, 3.8) is 0 Å². The van der Waals surface area contributed by atoms with Crippen LogP contribution in [-0.2, 0) is 4.74 Å². The van der Waals surface area contributed by atoms with Crippen LogP contribution in [0.4, 0.5) is 9.18 Å². The van der Waals surface area contributed by atoms with E-state index in [-0.39, 0.29) is 24.1 Å². The molecule has 2 aromatic carbocycles. The molecular formula is C25H29FN2O3. The molecule has 0 radical (unpaired) electrons. The van der Waals surface area contributed by atoms with Gasteiger partial charge in [-0.2, -0.15) is 0 Å². The molecule has 3 saturated heterocycles. The van der Waals surface area contributed by atoms with Crippen LogP contribution in [0.25, 0.3) is 11.1 Å². The molecule has 6 rings (SSSR count). The van der Waals surface area contributed by atoms with Crippen LogP contribution in [0.15, 0.2) is 42.5 Å². The smallest absolute Gasteiger partial charge is 0.407 e. The Bertz CT molecular complexity index is 984. The minimum Gasteiger partial charge on any atom is -0.487 e. The van der Waals surface area contributed by atoms with Crippen molar-refractivity contribution in [2.45, 2.75) is 50.9 Å². The molecule has 0 saturated carbocycles. The van der Waals surface area contributed by atoms with Gasteiger partial charge in [0.1, 0.15) is 23.3 Å². The molecule has 4 aliphatic rings. The fraction of sp³-hybridized carbons (Fsp3) is 0.480. The van der Waals surface area contributed by atoms with Crippen LogP contribution in [-0.4, -0.2) is 42.3 Å². The van der Waals surface area contributed by atoms with Crippen LogP contribution in [0.1, 0.15) is 44.7 Å². The van der Waals surface area contributed by atoms with Crippen LogP contribution in [0.2, 0.25) is 0 Å². The second-order valence-electron chi connectivity index (χ2n) is 9.61. The molecular weight excluding hydrogens is 395 g/mol. The molecule has 1 amide bonds. The zero-order valence-electron chi connectivity index (χ0n) is 18.1. The molecule has 31 heavy (non-hydrogen) atoms. The molecule has 3 fully saturated rings. The maximum Gasteiger partial charge on any atom is 0.407 e. The lowest BCUT2D eigenvalue weighted by molar-refractivity contribution is -0.0350. The molecule has 2 bridgehead atoms. The van der Waals surface area contributed by atoms with E-state index in [4.69, 9.17) is 9.47 Å². The number of amides is 1. The van der Waals surface area contributed by atoms with Crippen molar-refractivity contribution >= 4 is 6.09 Å². The quantitative estimate of drug-likeness (QED) is 0.760. The van der Waals surface area contributed by atoms with Crippen molar-refractivity contribution in [3.05, 3.63) is 53.8 Å². The first-order valence-electron chi connectivity index (χ1n) is 11.1. The number of alkyl carbamates (subject to hydrolysis) is 1. The van der Waals surface area contributed by atoms with E-state index in [2.05, 4.69) is 10.2 Å². The van der Waals surface area contributed by atoms with Crippen LogP contribution in [0.3, 0.4) is 0 Å². The topological polar surface area (TPSA) is 50.8 Å². The van der Waals surface area contributed by atoms with E-state index in [9.17, 15) is 9.18 Å². The van der Waals surface area contributed by atoms with Gasteiger partial charge in [-0.1, -0.05) is 18.2 Å². The molecule has 1 N–H and O–H groups in total. The number of halogens is 1. The van der Waals surface area contributed by atoms with E-state index in [1.54, 1.807) is 6.07 Å². The number of carbonyl (C=O) groups excluding carboxylic acids is 1. The summed E-state index contributed by atoms with van der Waals surface area (Å²) in [5, 5.41) is 3.09. The number of carbonyl (C=O) groups is 1. The molecule has 2 atom stereocenters. The first-order valence-corrected chi connectivity index (χ1v) is 11.1. The highest BCUT2D eigenvalue weighted by Crippen LogP contribution is 2.41. The summed E-state index contributed by atoms with van der Waals surface area (Å²) in [4.78, 5) is 15.2. The predicted octanol–water partition coefficient (Wildman–Crippen LogP) is 4.92. The largest absolute Gasteiger partial charge is 0.487 e. The Hall–Kier alpha value is -2.60. The van der Waals surface area contributed by atoms with Crippen molar-refractivity contribution in [1.82, 2.24) is 10.2 Å². The average Bonchev–Trinajstić information content (AvgIpc) is 2.73. The van der Waals surface area contributed by atoms with Crippen molar-refractivity contribution in [3.8, 4) is 16.9 Å². The van der Waals surface area contributed by atoms with E-state index in [0.29, 0.717) is 12.3 Å². The Morgan fingerprint density at radius 1 is 1.16 bits per heavy atom.